The number of aryl methyl sites for hydroxylation is 1. The highest BCUT2D eigenvalue weighted by Crippen LogP contribution is 2.36. The number of rotatable bonds is 6. The highest BCUT2D eigenvalue weighted by molar-refractivity contribution is 7.89. The third kappa shape index (κ3) is 4.38. The van der Waals surface area contributed by atoms with E-state index in [1.165, 1.54) is 0 Å². The molecule has 3 nitrogen and oxygen atoms in total. The number of benzene rings is 2. The summed E-state index contributed by atoms with van der Waals surface area (Å²) < 4.78 is 13.4. The highest BCUT2D eigenvalue weighted by Gasteiger charge is 2.34. The lowest BCUT2D eigenvalue weighted by Crippen LogP contribution is -2.37. The fourth-order valence-corrected chi connectivity index (χ4v) is 5.07. The molecule has 27 heavy (non-hydrogen) atoms. The summed E-state index contributed by atoms with van der Waals surface area (Å²) in [6.07, 6.45) is 2.08. The molecule has 0 bridgehead atoms. The van der Waals surface area contributed by atoms with Gasteiger partial charge in [-0.3, -0.25) is 4.79 Å². The number of allylic oxidation sites excluding steroid dienone is 2. The summed E-state index contributed by atoms with van der Waals surface area (Å²) >= 11 is 0. The second-order valence-electron chi connectivity index (χ2n) is 7.21. The van der Waals surface area contributed by atoms with Crippen LogP contribution in [0.5, 0.6) is 0 Å². The molecule has 2 atom stereocenters. The largest absolute Gasteiger partial charge is 0.311 e. The van der Waals surface area contributed by atoms with E-state index in [1.807, 2.05) is 73.3 Å². The van der Waals surface area contributed by atoms with Crippen LogP contribution in [0.3, 0.4) is 0 Å². The third-order valence-corrected chi connectivity index (χ3v) is 6.68. The Morgan fingerprint density at radius 3 is 2.37 bits per heavy atom. The predicted molar refractivity (Wildman–Crippen MR) is 110 cm³/mol. The highest BCUT2D eigenvalue weighted by atomic mass is 32.2. The van der Waals surface area contributed by atoms with Gasteiger partial charge in [-0.15, -0.1) is 0 Å². The molecular weight excluding hydrogens is 354 g/mol. The molecule has 0 radical (unpaired) electrons. The van der Waals surface area contributed by atoms with Crippen molar-refractivity contribution in [1.29, 1.82) is 0 Å². The summed E-state index contributed by atoms with van der Waals surface area (Å²) in [5.74, 6) is 0.118. The van der Waals surface area contributed by atoms with Crippen LogP contribution < -0.4 is 0 Å². The first-order valence-electron chi connectivity index (χ1n) is 9.57. The molecule has 0 spiro atoms. The van der Waals surface area contributed by atoms with E-state index in [4.69, 9.17) is 0 Å². The lowest BCUT2D eigenvalue weighted by molar-refractivity contribution is -0.131. The Morgan fingerprint density at radius 2 is 1.74 bits per heavy atom. The number of hydrogen-bond acceptors (Lipinski definition) is 2. The average molecular weight is 382 g/mol. The van der Waals surface area contributed by atoms with Crippen LogP contribution in [0.15, 0.2) is 70.1 Å². The van der Waals surface area contributed by atoms with Gasteiger partial charge in [-0.2, -0.15) is 0 Å². The molecule has 3 rings (SSSR count). The summed E-state index contributed by atoms with van der Waals surface area (Å²) in [5, 5.41) is 0. The zero-order valence-electron chi connectivity index (χ0n) is 16.3. The second-order valence-corrected chi connectivity index (χ2v) is 8.66. The van der Waals surface area contributed by atoms with Gasteiger partial charge in [0.25, 0.3) is 0 Å². The van der Waals surface area contributed by atoms with Gasteiger partial charge in [0.15, 0.2) is 0 Å². The van der Waals surface area contributed by atoms with Gasteiger partial charge in [0.1, 0.15) is 0 Å². The fourth-order valence-electron chi connectivity index (χ4n) is 3.56. The second kappa shape index (κ2) is 8.66. The van der Waals surface area contributed by atoms with Crippen LogP contribution in [0.25, 0.3) is 0 Å². The lowest BCUT2D eigenvalue weighted by atomic mass is 9.97. The summed E-state index contributed by atoms with van der Waals surface area (Å²) in [4.78, 5) is 16.4. The summed E-state index contributed by atoms with van der Waals surface area (Å²) in [6, 6.07) is 17.9. The van der Waals surface area contributed by atoms with Crippen molar-refractivity contribution < 1.29 is 9.00 Å². The fraction of sp³-hybridized carbons (Fsp3) is 0.348. The monoisotopic (exact) mass is 381 g/mol. The SMILES string of the molecule is CCCC1=C(S(=O)c2ccc(C)cc2)[C@H](C)CC(=O)N1Cc1ccccc1. The van der Waals surface area contributed by atoms with E-state index in [1.54, 1.807) is 0 Å². The van der Waals surface area contributed by atoms with Crippen molar-refractivity contribution in [3.63, 3.8) is 0 Å². The number of hydrogen-bond donors (Lipinski definition) is 0. The maximum atomic E-state index is 13.4. The zero-order chi connectivity index (χ0) is 19.4. The molecule has 0 N–H and O–H groups in total. The first-order valence-corrected chi connectivity index (χ1v) is 10.7. The molecule has 142 valence electrons. The summed E-state index contributed by atoms with van der Waals surface area (Å²) in [5.41, 5.74) is 3.19. The first kappa shape index (κ1) is 19.6. The van der Waals surface area contributed by atoms with Crippen LogP contribution >= 0.6 is 0 Å². The Kier molecular flexibility index (Phi) is 6.27. The molecule has 2 aromatic rings. The van der Waals surface area contributed by atoms with E-state index in [2.05, 4.69) is 6.92 Å². The Balaban J connectivity index is 2.03. The van der Waals surface area contributed by atoms with Crippen molar-refractivity contribution in [2.75, 3.05) is 0 Å². The van der Waals surface area contributed by atoms with E-state index >= 15 is 0 Å². The Hall–Kier alpha value is -2.20. The van der Waals surface area contributed by atoms with Crippen molar-refractivity contribution in [1.82, 2.24) is 4.90 Å². The summed E-state index contributed by atoms with van der Waals surface area (Å²) in [7, 11) is -1.25. The van der Waals surface area contributed by atoms with Crippen LogP contribution in [0.4, 0.5) is 0 Å². The van der Waals surface area contributed by atoms with E-state index in [0.29, 0.717) is 13.0 Å². The number of carbonyl (C=O) groups excluding carboxylic acids is 1. The lowest BCUT2D eigenvalue weighted by Gasteiger charge is -2.35. The van der Waals surface area contributed by atoms with Crippen LogP contribution in [-0.4, -0.2) is 15.0 Å². The summed E-state index contributed by atoms with van der Waals surface area (Å²) in [6.45, 7) is 6.69. The van der Waals surface area contributed by atoms with Gasteiger partial charge in [-0.1, -0.05) is 68.3 Å². The minimum Gasteiger partial charge on any atom is -0.311 e. The van der Waals surface area contributed by atoms with E-state index in [-0.39, 0.29) is 11.8 Å². The Morgan fingerprint density at radius 1 is 1.07 bits per heavy atom. The van der Waals surface area contributed by atoms with Gasteiger partial charge >= 0.3 is 0 Å². The third-order valence-electron chi connectivity index (χ3n) is 4.94. The molecule has 1 unspecified atom stereocenters. The molecule has 0 aliphatic carbocycles. The van der Waals surface area contributed by atoms with Gasteiger partial charge in [-0.05, 0) is 31.0 Å². The molecule has 0 fully saturated rings. The number of amides is 1. The van der Waals surface area contributed by atoms with Gasteiger partial charge in [0.2, 0.25) is 5.91 Å². The average Bonchev–Trinajstić information content (AvgIpc) is 2.66. The topological polar surface area (TPSA) is 37.4 Å². The number of carbonyl (C=O) groups is 1. The smallest absolute Gasteiger partial charge is 0.227 e. The van der Waals surface area contributed by atoms with E-state index in [0.717, 1.165) is 39.5 Å². The molecule has 0 aromatic heterocycles. The van der Waals surface area contributed by atoms with Crippen LogP contribution in [0, 0.1) is 12.8 Å². The standard InChI is InChI=1S/C23H27NO2S/c1-4-8-21-23(27(26)20-13-11-17(2)12-14-20)18(3)15-22(25)24(21)16-19-9-6-5-7-10-19/h5-7,9-14,18H,4,8,15-16H2,1-3H3/t18-,27?/m1/s1. The Bertz CT molecular complexity index is 856. The van der Waals surface area contributed by atoms with Crippen LogP contribution in [0.2, 0.25) is 0 Å². The van der Waals surface area contributed by atoms with Crippen LogP contribution in [-0.2, 0) is 22.1 Å². The van der Waals surface area contributed by atoms with Crippen molar-refractivity contribution in [2.24, 2.45) is 5.92 Å². The maximum Gasteiger partial charge on any atom is 0.227 e. The Labute approximate surface area is 164 Å². The first-order chi connectivity index (χ1) is 13.0. The molecule has 0 saturated carbocycles. The molecule has 2 aromatic carbocycles. The molecule has 1 aliphatic heterocycles. The molecule has 1 heterocycles. The van der Waals surface area contributed by atoms with Gasteiger partial charge in [-0.25, -0.2) is 4.21 Å². The van der Waals surface area contributed by atoms with Gasteiger partial charge in [0, 0.05) is 27.8 Å². The maximum absolute atomic E-state index is 13.4. The van der Waals surface area contributed by atoms with Crippen LogP contribution in [0.1, 0.15) is 44.2 Å². The minimum absolute atomic E-state index is 0.00629. The molecular formula is C23H27NO2S. The van der Waals surface area contributed by atoms with Crippen molar-refractivity contribution >= 4 is 16.7 Å². The molecule has 1 amide bonds. The predicted octanol–water partition coefficient (Wildman–Crippen LogP) is 5.18. The quantitative estimate of drug-likeness (QED) is 0.691. The molecule has 4 heteroatoms. The zero-order valence-corrected chi connectivity index (χ0v) is 17.1. The number of nitrogens with zero attached hydrogens (tertiary/aromatic N) is 1. The van der Waals surface area contributed by atoms with E-state index < -0.39 is 10.8 Å². The van der Waals surface area contributed by atoms with Gasteiger partial charge in [0.05, 0.1) is 17.3 Å². The van der Waals surface area contributed by atoms with Crippen molar-refractivity contribution in [2.45, 2.75) is 51.5 Å². The van der Waals surface area contributed by atoms with E-state index in [9.17, 15) is 9.00 Å². The normalized spacial score (nSPS) is 18.7. The van der Waals surface area contributed by atoms with Crippen molar-refractivity contribution in [3.05, 3.63) is 76.3 Å². The van der Waals surface area contributed by atoms with Gasteiger partial charge < -0.3 is 4.90 Å². The molecule has 1 aliphatic rings. The molecule has 0 saturated heterocycles. The van der Waals surface area contributed by atoms with Crippen molar-refractivity contribution in [3.8, 4) is 0 Å². The minimum atomic E-state index is -1.25.